The van der Waals surface area contributed by atoms with E-state index in [0.717, 1.165) is 6.07 Å². The first-order chi connectivity index (χ1) is 10.4. The number of benzene rings is 2. The molecule has 0 atom stereocenters. The van der Waals surface area contributed by atoms with E-state index in [2.05, 4.69) is 4.98 Å². The molecule has 0 aliphatic heterocycles. The molecule has 0 spiro atoms. The van der Waals surface area contributed by atoms with Crippen LogP contribution in [0.15, 0.2) is 59.2 Å². The van der Waals surface area contributed by atoms with Gasteiger partial charge in [0.15, 0.2) is 5.89 Å². The van der Waals surface area contributed by atoms with Crippen LogP contribution < -0.4 is 0 Å². The average Bonchev–Trinajstić information content (AvgIpc) is 2.93. The van der Waals surface area contributed by atoms with Crippen molar-refractivity contribution in [2.75, 3.05) is 0 Å². The molecule has 0 saturated carbocycles. The molecule has 0 radical (unpaired) electrons. The fourth-order valence-corrected chi connectivity index (χ4v) is 2.32. The van der Waals surface area contributed by atoms with Crippen LogP contribution in [-0.2, 0) is 6.18 Å². The number of hydrogen-bond donors (Lipinski definition) is 0. The van der Waals surface area contributed by atoms with Gasteiger partial charge in [-0.25, -0.2) is 4.98 Å². The van der Waals surface area contributed by atoms with Crippen molar-refractivity contribution >= 4 is 0 Å². The molecule has 0 fully saturated rings. The van der Waals surface area contributed by atoms with Crippen LogP contribution in [0.25, 0.3) is 22.4 Å². The van der Waals surface area contributed by atoms with Gasteiger partial charge in [0.05, 0.1) is 5.56 Å². The highest BCUT2D eigenvalue weighted by molar-refractivity contribution is 5.73. The van der Waals surface area contributed by atoms with Gasteiger partial charge in [0.25, 0.3) is 0 Å². The lowest BCUT2D eigenvalue weighted by molar-refractivity contribution is -0.137. The molecule has 112 valence electrons. The molecule has 0 saturated heterocycles. The second-order valence-electron chi connectivity index (χ2n) is 4.88. The molecule has 2 nitrogen and oxygen atoms in total. The molecule has 5 heteroatoms. The number of hydrogen-bond acceptors (Lipinski definition) is 2. The number of halogens is 3. The summed E-state index contributed by atoms with van der Waals surface area (Å²) in [5.74, 6) is 0.510. The third-order valence-corrected chi connectivity index (χ3v) is 3.32. The SMILES string of the molecule is Cc1nc(-c2cccc(-c3ccccc3C(F)(F)F)c2)co1. The second kappa shape index (κ2) is 5.33. The van der Waals surface area contributed by atoms with Gasteiger partial charge < -0.3 is 4.42 Å². The first-order valence-corrected chi connectivity index (χ1v) is 6.64. The molecule has 1 heterocycles. The molecule has 0 unspecified atom stereocenters. The van der Waals surface area contributed by atoms with Gasteiger partial charge in [-0.15, -0.1) is 0 Å². The molecule has 0 aliphatic rings. The lowest BCUT2D eigenvalue weighted by atomic mass is 9.97. The summed E-state index contributed by atoms with van der Waals surface area (Å²) >= 11 is 0. The highest BCUT2D eigenvalue weighted by Crippen LogP contribution is 2.37. The highest BCUT2D eigenvalue weighted by atomic mass is 19.4. The highest BCUT2D eigenvalue weighted by Gasteiger charge is 2.33. The van der Waals surface area contributed by atoms with Crippen LogP contribution in [-0.4, -0.2) is 4.98 Å². The van der Waals surface area contributed by atoms with Gasteiger partial charge in [-0.3, -0.25) is 0 Å². The van der Waals surface area contributed by atoms with Gasteiger partial charge >= 0.3 is 6.18 Å². The minimum Gasteiger partial charge on any atom is -0.449 e. The minimum atomic E-state index is -4.39. The number of aromatic nitrogens is 1. The van der Waals surface area contributed by atoms with Crippen LogP contribution in [0.4, 0.5) is 13.2 Å². The second-order valence-corrected chi connectivity index (χ2v) is 4.88. The molecular formula is C17H12F3NO. The Bertz CT molecular complexity index is 805. The summed E-state index contributed by atoms with van der Waals surface area (Å²) in [4.78, 5) is 4.20. The van der Waals surface area contributed by atoms with E-state index in [-0.39, 0.29) is 5.56 Å². The van der Waals surface area contributed by atoms with E-state index in [4.69, 9.17) is 4.42 Å². The maximum Gasteiger partial charge on any atom is 0.417 e. The molecule has 0 aliphatic carbocycles. The molecular weight excluding hydrogens is 291 g/mol. The van der Waals surface area contributed by atoms with Crippen molar-refractivity contribution in [3.8, 4) is 22.4 Å². The van der Waals surface area contributed by atoms with E-state index in [1.807, 2.05) is 0 Å². The summed E-state index contributed by atoms with van der Waals surface area (Å²) in [6, 6.07) is 12.4. The van der Waals surface area contributed by atoms with Crippen LogP contribution in [0.3, 0.4) is 0 Å². The van der Waals surface area contributed by atoms with E-state index >= 15 is 0 Å². The lowest BCUT2D eigenvalue weighted by Crippen LogP contribution is -2.06. The van der Waals surface area contributed by atoms with Crippen molar-refractivity contribution in [2.45, 2.75) is 13.1 Å². The van der Waals surface area contributed by atoms with Gasteiger partial charge in [-0.2, -0.15) is 13.2 Å². The molecule has 22 heavy (non-hydrogen) atoms. The lowest BCUT2D eigenvalue weighted by Gasteiger charge is -2.13. The Balaban J connectivity index is 2.11. The molecule has 1 aromatic heterocycles. The maximum absolute atomic E-state index is 13.1. The Morgan fingerprint density at radius 1 is 0.955 bits per heavy atom. The zero-order valence-corrected chi connectivity index (χ0v) is 11.7. The van der Waals surface area contributed by atoms with E-state index in [1.165, 1.54) is 18.4 Å². The Morgan fingerprint density at radius 2 is 1.68 bits per heavy atom. The zero-order valence-electron chi connectivity index (χ0n) is 11.7. The standard InChI is InChI=1S/C17H12F3NO/c1-11-21-16(10-22-11)13-6-4-5-12(9-13)14-7-2-3-8-15(14)17(18,19)20/h2-10H,1H3. The number of aryl methyl sites for hydroxylation is 1. The summed E-state index contributed by atoms with van der Waals surface area (Å²) in [6.45, 7) is 1.71. The Labute approximate surface area is 125 Å². The normalized spacial score (nSPS) is 11.6. The predicted molar refractivity (Wildman–Crippen MR) is 77.1 cm³/mol. The van der Waals surface area contributed by atoms with Crippen molar-refractivity contribution in [1.29, 1.82) is 0 Å². The fourth-order valence-electron chi connectivity index (χ4n) is 2.32. The summed E-state index contributed by atoms with van der Waals surface area (Å²) < 4.78 is 44.6. The average molecular weight is 303 g/mol. The Hall–Kier alpha value is -2.56. The molecule has 2 aromatic carbocycles. The van der Waals surface area contributed by atoms with Crippen molar-refractivity contribution < 1.29 is 17.6 Å². The number of rotatable bonds is 2. The third kappa shape index (κ3) is 2.74. The van der Waals surface area contributed by atoms with Crippen LogP contribution in [0.2, 0.25) is 0 Å². The number of nitrogens with zero attached hydrogens (tertiary/aromatic N) is 1. The van der Waals surface area contributed by atoms with Crippen LogP contribution in [0, 0.1) is 6.92 Å². The fraction of sp³-hybridized carbons (Fsp3) is 0.118. The van der Waals surface area contributed by atoms with Gasteiger partial charge in [0.1, 0.15) is 12.0 Å². The quantitative estimate of drug-likeness (QED) is 0.639. The number of oxazole rings is 1. The van der Waals surface area contributed by atoms with E-state index < -0.39 is 11.7 Å². The molecule has 3 aromatic rings. The first kappa shape index (κ1) is 14.4. The Morgan fingerprint density at radius 3 is 2.36 bits per heavy atom. The summed E-state index contributed by atoms with van der Waals surface area (Å²) in [5, 5.41) is 0. The van der Waals surface area contributed by atoms with Crippen molar-refractivity contribution in [3.05, 3.63) is 66.2 Å². The topological polar surface area (TPSA) is 26.0 Å². The maximum atomic E-state index is 13.1. The summed E-state index contributed by atoms with van der Waals surface area (Å²) in [5.41, 5.74) is 1.31. The smallest absolute Gasteiger partial charge is 0.417 e. The predicted octanol–water partition coefficient (Wildman–Crippen LogP) is 5.34. The van der Waals surface area contributed by atoms with Gasteiger partial charge in [0, 0.05) is 12.5 Å². The van der Waals surface area contributed by atoms with Crippen LogP contribution >= 0.6 is 0 Å². The number of alkyl halides is 3. The van der Waals surface area contributed by atoms with E-state index in [0.29, 0.717) is 22.7 Å². The van der Waals surface area contributed by atoms with Gasteiger partial charge in [-0.05, 0) is 23.3 Å². The molecule has 3 rings (SSSR count). The summed E-state index contributed by atoms with van der Waals surface area (Å²) in [6.07, 6.45) is -2.90. The molecule has 0 bridgehead atoms. The molecule has 0 N–H and O–H groups in total. The van der Waals surface area contributed by atoms with Crippen molar-refractivity contribution in [2.24, 2.45) is 0 Å². The van der Waals surface area contributed by atoms with Gasteiger partial charge in [0.2, 0.25) is 0 Å². The van der Waals surface area contributed by atoms with E-state index in [1.54, 1.807) is 37.3 Å². The van der Waals surface area contributed by atoms with Crippen molar-refractivity contribution in [3.63, 3.8) is 0 Å². The zero-order chi connectivity index (χ0) is 15.7. The largest absolute Gasteiger partial charge is 0.449 e. The Kier molecular flexibility index (Phi) is 3.48. The monoisotopic (exact) mass is 303 g/mol. The third-order valence-electron chi connectivity index (χ3n) is 3.32. The summed E-state index contributed by atoms with van der Waals surface area (Å²) in [7, 11) is 0. The minimum absolute atomic E-state index is 0.150. The molecule has 0 amide bonds. The van der Waals surface area contributed by atoms with Gasteiger partial charge in [-0.1, -0.05) is 36.4 Å². The van der Waals surface area contributed by atoms with E-state index in [9.17, 15) is 13.2 Å². The van der Waals surface area contributed by atoms with Crippen LogP contribution in [0.1, 0.15) is 11.5 Å². The first-order valence-electron chi connectivity index (χ1n) is 6.64. The van der Waals surface area contributed by atoms with Crippen molar-refractivity contribution in [1.82, 2.24) is 4.98 Å². The van der Waals surface area contributed by atoms with Crippen LogP contribution in [0.5, 0.6) is 0 Å².